The Kier molecular flexibility index (Phi) is 6.29. The van der Waals surface area contributed by atoms with E-state index in [2.05, 4.69) is 34.6 Å². The minimum Gasteiger partial charge on any atom is -0.374 e. The Bertz CT molecular complexity index is 757. The summed E-state index contributed by atoms with van der Waals surface area (Å²) in [7, 11) is 0. The van der Waals surface area contributed by atoms with Crippen molar-refractivity contribution in [2.24, 2.45) is 0 Å². The summed E-state index contributed by atoms with van der Waals surface area (Å²) in [5.74, 6) is -0.713. The standard InChI is InChI=1S/C21H27FN4O/c1-3-25-12-14-26(15-13-25)18-10-8-17(9-11-18)23-16(2)21(27)24-20-7-5-4-6-19(20)22/h4-11,16,23H,3,12-15H2,1-2H3,(H,24,27)/p+1/t16-/m1/s1. The molecule has 1 aliphatic heterocycles. The summed E-state index contributed by atoms with van der Waals surface area (Å²) in [6, 6.07) is 13.8. The average Bonchev–Trinajstić information content (AvgIpc) is 2.70. The quantitative estimate of drug-likeness (QED) is 0.728. The third-order valence-corrected chi connectivity index (χ3v) is 5.11. The van der Waals surface area contributed by atoms with E-state index in [4.69, 9.17) is 0 Å². The van der Waals surface area contributed by atoms with Gasteiger partial charge in [0.1, 0.15) is 11.9 Å². The van der Waals surface area contributed by atoms with Gasteiger partial charge >= 0.3 is 0 Å². The van der Waals surface area contributed by atoms with E-state index >= 15 is 0 Å². The van der Waals surface area contributed by atoms with Gasteiger partial charge in [-0.3, -0.25) is 4.79 Å². The molecule has 3 rings (SSSR count). The number of hydrogen-bond donors (Lipinski definition) is 3. The molecule has 2 aromatic carbocycles. The molecule has 5 nitrogen and oxygen atoms in total. The summed E-state index contributed by atoms with van der Waals surface area (Å²) in [6.45, 7) is 9.65. The fraction of sp³-hybridized carbons (Fsp3) is 0.381. The Hall–Kier alpha value is -2.60. The monoisotopic (exact) mass is 371 g/mol. The molecule has 0 radical (unpaired) electrons. The van der Waals surface area contributed by atoms with Crippen molar-refractivity contribution in [1.29, 1.82) is 0 Å². The molecule has 27 heavy (non-hydrogen) atoms. The van der Waals surface area contributed by atoms with Crippen LogP contribution < -0.4 is 20.4 Å². The molecule has 1 atom stereocenters. The lowest BCUT2D eigenvalue weighted by atomic mass is 10.2. The second-order valence-electron chi connectivity index (χ2n) is 6.97. The van der Waals surface area contributed by atoms with E-state index in [-0.39, 0.29) is 11.6 Å². The van der Waals surface area contributed by atoms with Gasteiger partial charge in [0.05, 0.1) is 38.4 Å². The molecule has 1 heterocycles. The number of carbonyl (C=O) groups excluding carboxylic acids is 1. The van der Waals surface area contributed by atoms with Gasteiger partial charge in [0, 0.05) is 11.4 Å². The number of likely N-dealkylation sites (N-methyl/N-ethyl adjacent to an activating group) is 1. The van der Waals surface area contributed by atoms with E-state index in [1.54, 1.807) is 30.0 Å². The zero-order chi connectivity index (χ0) is 19.2. The van der Waals surface area contributed by atoms with Crippen molar-refractivity contribution in [3.63, 3.8) is 0 Å². The topological polar surface area (TPSA) is 48.8 Å². The number of hydrogen-bond acceptors (Lipinski definition) is 3. The molecule has 1 saturated heterocycles. The Morgan fingerprint density at radius 2 is 1.81 bits per heavy atom. The highest BCUT2D eigenvalue weighted by Crippen LogP contribution is 2.19. The number of benzene rings is 2. The number of quaternary nitrogens is 1. The van der Waals surface area contributed by atoms with Gasteiger partial charge in [-0.1, -0.05) is 12.1 Å². The van der Waals surface area contributed by atoms with Gasteiger partial charge in [0.2, 0.25) is 5.91 Å². The number of halogens is 1. The van der Waals surface area contributed by atoms with Gasteiger partial charge in [0.25, 0.3) is 0 Å². The second-order valence-corrected chi connectivity index (χ2v) is 6.97. The van der Waals surface area contributed by atoms with Crippen molar-refractivity contribution in [3.05, 3.63) is 54.3 Å². The van der Waals surface area contributed by atoms with E-state index in [0.29, 0.717) is 0 Å². The molecule has 1 aliphatic rings. The molecular formula is C21H28FN4O+. The molecule has 0 aliphatic carbocycles. The second kappa shape index (κ2) is 8.86. The van der Waals surface area contributed by atoms with Crippen molar-refractivity contribution in [2.45, 2.75) is 19.9 Å². The maximum Gasteiger partial charge on any atom is 0.246 e. The summed E-state index contributed by atoms with van der Waals surface area (Å²) < 4.78 is 13.7. The molecular weight excluding hydrogens is 343 g/mol. The molecule has 3 N–H and O–H groups in total. The van der Waals surface area contributed by atoms with Crippen LogP contribution in [0.4, 0.5) is 21.5 Å². The Morgan fingerprint density at radius 3 is 2.44 bits per heavy atom. The lowest BCUT2D eigenvalue weighted by Gasteiger charge is -2.33. The number of piperazine rings is 1. The fourth-order valence-electron chi connectivity index (χ4n) is 3.32. The average molecular weight is 371 g/mol. The summed E-state index contributed by atoms with van der Waals surface area (Å²) in [4.78, 5) is 16.3. The van der Waals surface area contributed by atoms with Crippen LogP contribution >= 0.6 is 0 Å². The normalized spacial score (nSPS) is 16.0. The molecule has 0 aromatic heterocycles. The third-order valence-electron chi connectivity index (χ3n) is 5.11. The van der Waals surface area contributed by atoms with Crippen LogP contribution in [0.2, 0.25) is 0 Å². The molecule has 1 amide bonds. The zero-order valence-corrected chi connectivity index (χ0v) is 16.0. The van der Waals surface area contributed by atoms with Crippen molar-refractivity contribution in [3.8, 4) is 0 Å². The van der Waals surface area contributed by atoms with Crippen LogP contribution in [0.1, 0.15) is 13.8 Å². The summed E-state index contributed by atoms with van der Waals surface area (Å²) in [5, 5.41) is 5.79. The molecule has 0 bridgehead atoms. The number of anilines is 3. The molecule has 6 heteroatoms. The Balaban J connectivity index is 1.54. The largest absolute Gasteiger partial charge is 0.374 e. The maximum atomic E-state index is 13.7. The smallest absolute Gasteiger partial charge is 0.246 e. The number of nitrogens with zero attached hydrogens (tertiary/aromatic N) is 1. The van der Waals surface area contributed by atoms with Crippen LogP contribution in [-0.4, -0.2) is 44.7 Å². The maximum absolute atomic E-state index is 13.7. The molecule has 0 unspecified atom stereocenters. The van der Waals surface area contributed by atoms with Gasteiger partial charge in [0.15, 0.2) is 0 Å². The van der Waals surface area contributed by atoms with Gasteiger partial charge in [-0.15, -0.1) is 0 Å². The fourth-order valence-corrected chi connectivity index (χ4v) is 3.32. The van der Waals surface area contributed by atoms with Gasteiger partial charge in [-0.05, 0) is 50.2 Å². The van der Waals surface area contributed by atoms with Crippen LogP contribution in [0.5, 0.6) is 0 Å². The summed E-state index contributed by atoms with van der Waals surface area (Å²) in [5.41, 5.74) is 2.27. The number of nitrogens with one attached hydrogen (secondary N) is 3. The lowest BCUT2D eigenvalue weighted by molar-refractivity contribution is -0.898. The highest BCUT2D eigenvalue weighted by Gasteiger charge is 2.19. The van der Waals surface area contributed by atoms with Gasteiger partial charge in [-0.25, -0.2) is 4.39 Å². The zero-order valence-electron chi connectivity index (χ0n) is 16.0. The van der Waals surface area contributed by atoms with Gasteiger partial charge in [-0.2, -0.15) is 0 Å². The van der Waals surface area contributed by atoms with Crippen LogP contribution in [-0.2, 0) is 4.79 Å². The highest BCUT2D eigenvalue weighted by molar-refractivity contribution is 5.96. The highest BCUT2D eigenvalue weighted by atomic mass is 19.1. The third kappa shape index (κ3) is 4.98. The minimum absolute atomic E-state index is 0.194. The van der Waals surface area contributed by atoms with E-state index in [9.17, 15) is 9.18 Å². The SMILES string of the molecule is CC[NH+]1CCN(c2ccc(N[C@H](C)C(=O)Nc3ccccc3F)cc2)CC1. The summed E-state index contributed by atoms with van der Waals surface area (Å²) in [6.07, 6.45) is 0. The molecule has 0 spiro atoms. The van der Waals surface area contributed by atoms with Crippen molar-refractivity contribution in [2.75, 3.05) is 48.3 Å². The lowest BCUT2D eigenvalue weighted by Crippen LogP contribution is -3.14. The summed E-state index contributed by atoms with van der Waals surface area (Å²) >= 11 is 0. The van der Waals surface area contributed by atoms with E-state index < -0.39 is 11.9 Å². The number of rotatable bonds is 6. The van der Waals surface area contributed by atoms with Crippen LogP contribution in [0.3, 0.4) is 0 Å². The first kappa shape index (κ1) is 19.2. The molecule has 1 fully saturated rings. The Morgan fingerprint density at radius 1 is 1.15 bits per heavy atom. The van der Waals surface area contributed by atoms with E-state index in [1.807, 2.05) is 12.1 Å². The number of para-hydroxylation sites is 1. The molecule has 2 aromatic rings. The first-order chi connectivity index (χ1) is 13.1. The first-order valence-corrected chi connectivity index (χ1v) is 9.57. The van der Waals surface area contributed by atoms with Crippen molar-refractivity contribution >= 4 is 23.0 Å². The van der Waals surface area contributed by atoms with Crippen LogP contribution in [0, 0.1) is 5.82 Å². The van der Waals surface area contributed by atoms with E-state index in [0.717, 1.165) is 18.8 Å². The Labute approximate surface area is 160 Å². The molecule has 0 saturated carbocycles. The molecule has 144 valence electrons. The van der Waals surface area contributed by atoms with Crippen LogP contribution in [0.15, 0.2) is 48.5 Å². The predicted molar refractivity (Wildman–Crippen MR) is 108 cm³/mol. The number of amides is 1. The van der Waals surface area contributed by atoms with Crippen molar-refractivity contribution in [1.82, 2.24) is 0 Å². The predicted octanol–water partition coefficient (Wildman–Crippen LogP) is 1.99. The van der Waals surface area contributed by atoms with Gasteiger partial charge < -0.3 is 20.4 Å². The van der Waals surface area contributed by atoms with Crippen molar-refractivity contribution < 1.29 is 14.1 Å². The van der Waals surface area contributed by atoms with E-state index in [1.165, 1.54) is 31.4 Å². The minimum atomic E-state index is -0.479. The first-order valence-electron chi connectivity index (χ1n) is 9.57. The number of carbonyl (C=O) groups is 1. The van der Waals surface area contributed by atoms with Crippen LogP contribution in [0.25, 0.3) is 0 Å².